The summed E-state index contributed by atoms with van der Waals surface area (Å²) in [6, 6.07) is 9.77. The van der Waals surface area contributed by atoms with Crippen LogP contribution in [0, 0.1) is 13.8 Å². The van der Waals surface area contributed by atoms with Gasteiger partial charge < -0.3 is 5.32 Å². The molecule has 0 saturated heterocycles. The predicted molar refractivity (Wildman–Crippen MR) is 94.9 cm³/mol. The number of hydrogen-bond donors (Lipinski definition) is 2. The average Bonchev–Trinajstić information content (AvgIpc) is 3.20. The zero-order valence-corrected chi connectivity index (χ0v) is 14.4. The Morgan fingerprint density at radius 3 is 2.80 bits per heavy atom. The highest BCUT2D eigenvalue weighted by molar-refractivity contribution is 5.94. The summed E-state index contributed by atoms with van der Waals surface area (Å²) in [6.07, 6.45) is 4.56. The van der Waals surface area contributed by atoms with E-state index in [2.05, 4.69) is 20.6 Å². The van der Waals surface area contributed by atoms with Crippen molar-refractivity contribution in [3.8, 4) is 5.69 Å². The Bertz CT molecular complexity index is 906. The highest BCUT2D eigenvalue weighted by atomic mass is 16.1. The second-order valence-electron chi connectivity index (χ2n) is 6.67. The number of carbonyl (C=O) groups is 1. The molecule has 0 radical (unpaired) electrons. The number of fused-ring (bicyclic) bond motifs is 1. The van der Waals surface area contributed by atoms with Gasteiger partial charge in [-0.05, 0) is 69.0 Å². The van der Waals surface area contributed by atoms with Crippen LogP contribution >= 0.6 is 0 Å². The van der Waals surface area contributed by atoms with Crippen molar-refractivity contribution in [2.24, 2.45) is 0 Å². The van der Waals surface area contributed by atoms with Gasteiger partial charge in [0, 0.05) is 23.0 Å². The normalized spacial score (nSPS) is 16.5. The lowest BCUT2D eigenvalue weighted by Gasteiger charge is -2.22. The molecule has 2 aromatic heterocycles. The molecule has 0 saturated carbocycles. The summed E-state index contributed by atoms with van der Waals surface area (Å²) >= 11 is 0. The van der Waals surface area contributed by atoms with Crippen LogP contribution in [-0.2, 0) is 12.8 Å². The Hall–Kier alpha value is -2.89. The van der Waals surface area contributed by atoms with E-state index in [9.17, 15) is 4.79 Å². The quantitative estimate of drug-likeness (QED) is 0.772. The lowest BCUT2D eigenvalue weighted by atomic mass is 9.93. The highest BCUT2D eigenvalue weighted by Crippen LogP contribution is 2.19. The van der Waals surface area contributed by atoms with Crippen LogP contribution in [0.4, 0.5) is 0 Å². The molecule has 1 amide bonds. The summed E-state index contributed by atoms with van der Waals surface area (Å²) in [5, 5.41) is 14.7. The van der Waals surface area contributed by atoms with Crippen LogP contribution in [0.2, 0.25) is 0 Å². The second-order valence-corrected chi connectivity index (χ2v) is 6.67. The summed E-state index contributed by atoms with van der Waals surface area (Å²) in [4.78, 5) is 12.5. The first kappa shape index (κ1) is 15.6. The maximum Gasteiger partial charge on any atom is 0.251 e. The fraction of sp³-hybridized carbons (Fsp3) is 0.316. The number of nitrogens with one attached hydrogen (secondary N) is 2. The van der Waals surface area contributed by atoms with E-state index < -0.39 is 0 Å². The van der Waals surface area contributed by atoms with Gasteiger partial charge in [0.1, 0.15) is 0 Å². The maximum absolute atomic E-state index is 12.5. The largest absolute Gasteiger partial charge is 0.349 e. The van der Waals surface area contributed by atoms with Crippen LogP contribution in [0.3, 0.4) is 0 Å². The summed E-state index contributed by atoms with van der Waals surface area (Å²) in [7, 11) is 0. The number of amides is 1. The number of aromatic amines is 1. The molecule has 6 nitrogen and oxygen atoms in total. The molecule has 0 bridgehead atoms. The van der Waals surface area contributed by atoms with Crippen molar-refractivity contribution >= 4 is 5.91 Å². The highest BCUT2D eigenvalue weighted by Gasteiger charge is 2.22. The third kappa shape index (κ3) is 3.07. The Morgan fingerprint density at radius 2 is 2.08 bits per heavy atom. The predicted octanol–water partition coefficient (Wildman–Crippen LogP) is 2.50. The van der Waals surface area contributed by atoms with Crippen LogP contribution in [0.25, 0.3) is 5.69 Å². The molecule has 3 aromatic rings. The summed E-state index contributed by atoms with van der Waals surface area (Å²) in [5.74, 6) is -0.0307. The van der Waals surface area contributed by atoms with Crippen molar-refractivity contribution in [1.29, 1.82) is 0 Å². The van der Waals surface area contributed by atoms with Crippen LogP contribution in [0.1, 0.15) is 39.4 Å². The van der Waals surface area contributed by atoms with Crippen molar-refractivity contribution in [2.45, 2.75) is 39.2 Å². The molecular formula is C19H21N5O. The number of hydrogen-bond acceptors (Lipinski definition) is 3. The number of benzene rings is 1. The van der Waals surface area contributed by atoms with Crippen LogP contribution in [-0.4, -0.2) is 31.9 Å². The zero-order chi connectivity index (χ0) is 17.4. The molecule has 1 aromatic carbocycles. The molecule has 128 valence electrons. The third-order valence-electron chi connectivity index (χ3n) is 4.74. The maximum atomic E-state index is 12.5. The van der Waals surface area contributed by atoms with Crippen molar-refractivity contribution in [3.63, 3.8) is 0 Å². The van der Waals surface area contributed by atoms with E-state index in [-0.39, 0.29) is 11.9 Å². The number of nitrogens with zero attached hydrogens (tertiary/aromatic N) is 3. The topological polar surface area (TPSA) is 75.6 Å². The molecule has 0 aliphatic heterocycles. The molecule has 25 heavy (non-hydrogen) atoms. The number of aromatic nitrogens is 4. The van der Waals surface area contributed by atoms with Gasteiger partial charge in [-0.25, -0.2) is 4.68 Å². The van der Waals surface area contributed by atoms with E-state index in [0.29, 0.717) is 5.56 Å². The van der Waals surface area contributed by atoms with E-state index in [1.165, 1.54) is 11.3 Å². The number of carbonyl (C=O) groups excluding carboxylic acids is 1. The monoisotopic (exact) mass is 335 g/mol. The third-order valence-corrected chi connectivity index (χ3v) is 4.74. The van der Waals surface area contributed by atoms with E-state index in [0.717, 1.165) is 36.3 Å². The lowest BCUT2D eigenvalue weighted by molar-refractivity contribution is 0.0933. The Kier molecular flexibility index (Phi) is 3.87. The molecular weight excluding hydrogens is 314 g/mol. The minimum atomic E-state index is -0.0307. The molecule has 1 aliphatic carbocycles. The Balaban J connectivity index is 1.45. The van der Waals surface area contributed by atoms with Gasteiger partial charge in [0.2, 0.25) is 0 Å². The van der Waals surface area contributed by atoms with Crippen molar-refractivity contribution in [2.75, 3.05) is 0 Å². The Labute approximate surface area is 146 Å². The fourth-order valence-electron chi connectivity index (χ4n) is 3.45. The number of aryl methyl sites for hydroxylation is 3. The van der Waals surface area contributed by atoms with Crippen LogP contribution in [0.5, 0.6) is 0 Å². The first-order chi connectivity index (χ1) is 12.1. The van der Waals surface area contributed by atoms with Crippen molar-refractivity contribution in [1.82, 2.24) is 25.3 Å². The molecule has 2 N–H and O–H groups in total. The smallest absolute Gasteiger partial charge is 0.251 e. The molecule has 1 unspecified atom stereocenters. The minimum absolute atomic E-state index is 0.0307. The fourth-order valence-corrected chi connectivity index (χ4v) is 3.45. The minimum Gasteiger partial charge on any atom is -0.349 e. The average molecular weight is 335 g/mol. The Morgan fingerprint density at radius 1 is 1.28 bits per heavy atom. The van der Waals surface area contributed by atoms with Gasteiger partial charge in [0.05, 0.1) is 17.6 Å². The van der Waals surface area contributed by atoms with Crippen LogP contribution < -0.4 is 5.32 Å². The molecule has 1 atom stereocenters. The standard InChI is InChI=1S/C19H21N5O/c1-12-9-13(2)24(23-12)17-6-3-14(4-7-17)19(25)21-16-5-8-18-15(10-16)11-20-22-18/h3-4,6-7,9,11,16H,5,8,10H2,1-2H3,(H,20,22)(H,21,25). The summed E-state index contributed by atoms with van der Waals surface area (Å²) < 4.78 is 1.89. The SMILES string of the molecule is Cc1cc(C)n(-c2ccc(C(=O)NC3CCc4[nH]ncc4C3)cc2)n1. The second kappa shape index (κ2) is 6.20. The van der Waals surface area contributed by atoms with E-state index in [1.54, 1.807) is 0 Å². The molecule has 1 aliphatic rings. The van der Waals surface area contributed by atoms with Crippen molar-refractivity contribution < 1.29 is 4.79 Å². The summed E-state index contributed by atoms with van der Waals surface area (Å²) in [6.45, 7) is 3.99. The molecule has 4 rings (SSSR count). The van der Waals surface area contributed by atoms with Gasteiger partial charge in [-0.15, -0.1) is 0 Å². The molecule has 0 spiro atoms. The van der Waals surface area contributed by atoms with Gasteiger partial charge in [0.15, 0.2) is 0 Å². The van der Waals surface area contributed by atoms with Crippen molar-refractivity contribution in [3.05, 3.63) is 64.7 Å². The molecule has 2 heterocycles. The van der Waals surface area contributed by atoms with E-state index >= 15 is 0 Å². The number of rotatable bonds is 3. The van der Waals surface area contributed by atoms with Gasteiger partial charge in [-0.1, -0.05) is 0 Å². The number of H-pyrrole nitrogens is 1. The van der Waals surface area contributed by atoms with Gasteiger partial charge in [-0.2, -0.15) is 10.2 Å². The molecule has 6 heteroatoms. The zero-order valence-electron chi connectivity index (χ0n) is 14.4. The first-order valence-corrected chi connectivity index (χ1v) is 8.56. The first-order valence-electron chi connectivity index (χ1n) is 8.56. The summed E-state index contributed by atoms with van der Waals surface area (Å²) in [5.41, 5.74) is 6.09. The lowest BCUT2D eigenvalue weighted by Crippen LogP contribution is -2.38. The van der Waals surface area contributed by atoms with E-state index in [1.807, 2.05) is 55.1 Å². The van der Waals surface area contributed by atoms with E-state index in [4.69, 9.17) is 0 Å². The van der Waals surface area contributed by atoms with Gasteiger partial charge >= 0.3 is 0 Å². The molecule has 0 fully saturated rings. The van der Waals surface area contributed by atoms with Gasteiger partial charge in [0.25, 0.3) is 5.91 Å². The van der Waals surface area contributed by atoms with Crippen LogP contribution in [0.15, 0.2) is 36.5 Å². The van der Waals surface area contributed by atoms with Gasteiger partial charge in [-0.3, -0.25) is 9.89 Å².